The molecule has 1 saturated heterocycles. The molecule has 1 aromatic rings. The normalized spacial score (nSPS) is 16.3. The fraction of sp³-hybridized carbons (Fsp3) is 0.615. The van der Waals surface area contributed by atoms with Crippen LogP contribution < -0.4 is 11.2 Å². The molecule has 0 atom stereocenters. The average molecular weight is 296 g/mol. The molecule has 1 N–H and O–H groups in total. The standard InChI is InChI=1S/C13H20N4O4/c1-4-9(14-17-5-7-21-8-6-17)10-11(18)15(2)13(20)16(3)12(10)19/h18H,4-8H2,1-3H3. The van der Waals surface area contributed by atoms with E-state index in [9.17, 15) is 14.7 Å². The van der Waals surface area contributed by atoms with Gasteiger partial charge in [0, 0.05) is 14.1 Å². The van der Waals surface area contributed by atoms with Crippen LogP contribution in [0.25, 0.3) is 0 Å². The number of aromatic nitrogens is 2. The summed E-state index contributed by atoms with van der Waals surface area (Å²) in [5.74, 6) is -0.350. The zero-order valence-electron chi connectivity index (χ0n) is 12.5. The summed E-state index contributed by atoms with van der Waals surface area (Å²) in [5.41, 5.74) is -0.563. The van der Waals surface area contributed by atoms with Gasteiger partial charge >= 0.3 is 5.69 Å². The summed E-state index contributed by atoms with van der Waals surface area (Å²) < 4.78 is 7.27. The van der Waals surface area contributed by atoms with Gasteiger partial charge in [0.1, 0.15) is 5.56 Å². The highest BCUT2D eigenvalue weighted by molar-refractivity contribution is 6.01. The highest BCUT2D eigenvalue weighted by Crippen LogP contribution is 2.13. The van der Waals surface area contributed by atoms with Crippen molar-refractivity contribution in [1.82, 2.24) is 14.1 Å². The van der Waals surface area contributed by atoms with Crippen LogP contribution >= 0.6 is 0 Å². The third kappa shape index (κ3) is 2.85. The molecule has 0 unspecified atom stereocenters. The van der Waals surface area contributed by atoms with E-state index in [0.29, 0.717) is 38.4 Å². The van der Waals surface area contributed by atoms with Crippen LogP contribution in [-0.4, -0.2) is 51.3 Å². The molecule has 2 rings (SSSR count). The molecule has 0 radical (unpaired) electrons. The van der Waals surface area contributed by atoms with Crippen LogP contribution in [0.2, 0.25) is 0 Å². The highest BCUT2D eigenvalue weighted by atomic mass is 16.5. The second-order valence-corrected chi connectivity index (χ2v) is 4.87. The Kier molecular flexibility index (Phi) is 4.46. The number of morpholine rings is 1. The van der Waals surface area contributed by atoms with Gasteiger partial charge in [-0.25, -0.2) is 4.79 Å². The van der Waals surface area contributed by atoms with Crippen LogP contribution in [0.4, 0.5) is 0 Å². The van der Waals surface area contributed by atoms with Crippen LogP contribution in [0.5, 0.6) is 5.88 Å². The summed E-state index contributed by atoms with van der Waals surface area (Å²) in [4.78, 5) is 24.0. The lowest BCUT2D eigenvalue weighted by molar-refractivity contribution is 0.0393. The number of ether oxygens (including phenoxy) is 1. The molecule has 116 valence electrons. The summed E-state index contributed by atoms with van der Waals surface area (Å²) in [7, 11) is 2.80. The van der Waals surface area contributed by atoms with Gasteiger partial charge in [-0.3, -0.25) is 18.9 Å². The highest BCUT2D eigenvalue weighted by Gasteiger charge is 2.20. The minimum Gasteiger partial charge on any atom is -0.494 e. The minimum atomic E-state index is -0.567. The zero-order valence-corrected chi connectivity index (χ0v) is 12.5. The molecule has 0 amide bonds. The molecular weight excluding hydrogens is 276 g/mol. The van der Waals surface area contributed by atoms with Crippen molar-refractivity contribution in [2.75, 3.05) is 26.3 Å². The molecule has 0 bridgehead atoms. The van der Waals surface area contributed by atoms with Gasteiger partial charge in [0.2, 0.25) is 5.88 Å². The van der Waals surface area contributed by atoms with E-state index in [1.54, 1.807) is 0 Å². The van der Waals surface area contributed by atoms with Gasteiger partial charge in [0.05, 0.1) is 32.0 Å². The van der Waals surface area contributed by atoms with Crippen molar-refractivity contribution in [3.63, 3.8) is 0 Å². The van der Waals surface area contributed by atoms with Crippen molar-refractivity contribution in [2.24, 2.45) is 19.2 Å². The summed E-state index contributed by atoms with van der Waals surface area (Å²) in [6.45, 7) is 4.28. The summed E-state index contributed by atoms with van der Waals surface area (Å²) in [6.07, 6.45) is 0.471. The minimum absolute atomic E-state index is 0.0774. The Morgan fingerprint density at radius 1 is 1.24 bits per heavy atom. The number of nitrogens with zero attached hydrogens (tertiary/aromatic N) is 4. The van der Waals surface area contributed by atoms with Crippen LogP contribution in [0.1, 0.15) is 18.9 Å². The molecule has 8 heteroatoms. The second-order valence-electron chi connectivity index (χ2n) is 4.87. The van der Waals surface area contributed by atoms with Gasteiger partial charge in [-0.1, -0.05) is 6.92 Å². The second kappa shape index (κ2) is 6.13. The molecule has 0 spiro atoms. The van der Waals surface area contributed by atoms with Crippen molar-refractivity contribution in [2.45, 2.75) is 13.3 Å². The quantitative estimate of drug-likeness (QED) is 0.740. The van der Waals surface area contributed by atoms with E-state index in [2.05, 4.69) is 5.10 Å². The first-order chi connectivity index (χ1) is 9.97. The van der Waals surface area contributed by atoms with Gasteiger partial charge < -0.3 is 9.84 Å². The van der Waals surface area contributed by atoms with Gasteiger partial charge in [-0.15, -0.1) is 0 Å². The maximum Gasteiger partial charge on any atom is 0.333 e. The Balaban J connectivity index is 2.55. The lowest BCUT2D eigenvalue weighted by Gasteiger charge is -2.25. The molecule has 0 aliphatic carbocycles. The molecular formula is C13H20N4O4. The van der Waals surface area contributed by atoms with E-state index in [0.717, 1.165) is 9.13 Å². The van der Waals surface area contributed by atoms with E-state index in [-0.39, 0.29) is 11.4 Å². The first kappa shape index (κ1) is 15.3. The van der Waals surface area contributed by atoms with Gasteiger partial charge in [0.15, 0.2) is 0 Å². The summed E-state index contributed by atoms with van der Waals surface area (Å²) >= 11 is 0. The van der Waals surface area contributed by atoms with Gasteiger partial charge in [-0.05, 0) is 6.42 Å². The summed E-state index contributed by atoms with van der Waals surface area (Å²) in [6, 6.07) is 0. The van der Waals surface area contributed by atoms with Crippen LogP contribution in [0.3, 0.4) is 0 Å². The third-order valence-corrected chi connectivity index (χ3v) is 3.51. The van der Waals surface area contributed by atoms with Crippen molar-refractivity contribution < 1.29 is 9.84 Å². The molecule has 0 saturated carbocycles. The van der Waals surface area contributed by atoms with E-state index in [1.165, 1.54) is 14.1 Å². The Morgan fingerprint density at radius 3 is 2.43 bits per heavy atom. The molecule has 1 aromatic heterocycles. The number of hydrazone groups is 1. The Bertz CT molecular complexity index is 668. The Hall–Kier alpha value is -2.09. The number of aromatic hydroxyl groups is 1. The molecule has 0 aromatic carbocycles. The predicted molar refractivity (Wildman–Crippen MR) is 77.8 cm³/mol. The monoisotopic (exact) mass is 296 g/mol. The summed E-state index contributed by atoms with van der Waals surface area (Å²) in [5, 5.41) is 16.4. The van der Waals surface area contributed by atoms with Gasteiger partial charge in [-0.2, -0.15) is 5.10 Å². The third-order valence-electron chi connectivity index (χ3n) is 3.51. The van der Waals surface area contributed by atoms with Crippen LogP contribution in [0.15, 0.2) is 14.7 Å². The van der Waals surface area contributed by atoms with E-state index in [1.807, 2.05) is 11.9 Å². The van der Waals surface area contributed by atoms with E-state index in [4.69, 9.17) is 4.74 Å². The largest absolute Gasteiger partial charge is 0.494 e. The fourth-order valence-corrected chi connectivity index (χ4v) is 2.21. The topological polar surface area (TPSA) is 89.1 Å². The zero-order chi connectivity index (χ0) is 15.6. The Morgan fingerprint density at radius 2 is 1.86 bits per heavy atom. The molecule has 8 nitrogen and oxygen atoms in total. The molecule has 2 heterocycles. The first-order valence-electron chi connectivity index (χ1n) is 6.86. The maximum atomic E-state index is 12.3. The van der Waals surface area contributed by atoms with E-state index < -0.39 is 11.2 Å². The maximum absolute atomic E-state index is 12.3. The van der Waals surface area contributed by atoms with Gasteiger partial charge in [0.25, 0.3) is 5.56 Å². The fourth-order valence-electron chi connectivity index (χ4n) is 2.21. The van der Waals surface area contributed by atoms with Crippen molar-refractivity contribution in [3.05, 3.63) is 26.4 Å². The van der Waals surface area contributed by atoms with Crippen LogP contribution in [0, 0.1) is 0 Å². The van der Waals surface area contributed by atoms with Crippen LogP contribution in [-0.2, 0) is 18.8 Å². The molecule has 21 heavy (non-hydrogen) atoms. The SMILES string of the molecule is CCC(=NN1CCOCC1)c1c(O)n(C)c(=O)n(C)c1=O. The lowest BCUT2D eigenvalue weighted by Crippen LogP contribution is -2.40. The average Bonchev–Trinajstić information content (AvgIpc) is 2.51. The lowest BCUT2D eigenvalue weighted by atomic mass is 10.1. The Labute approximate surface area is 121 Å². The number of rotatable bonds is 3. The first-order valence-corrected chi connectivity index (χ1v) is 6.86. The van der Waals surface area contributed by atoms with E-state index >= 15 is 0 Å². The van der Waals surface area contributed by atoms with Crippen molar-refractivity contribution in [3.8, 4) is 5.88 Å². The smallest absolute Gasteiger partial charge is 0.333 e. The van der Waals surface area contributed by atoms with Crippen molar-refractivity contribution in [1.29, 1.82) is 0 Å². The molecule has 1 fully saturated rings. The number of hydrogen-bond acceptors (Lipinski definition) is 6. The predicted octanol–water partition coefficient (Wildman–Crippen LogP) is -0.764. The molecule has 1 aliphatic heterocycles. The van der Waals surface area contributed by atoms with Crippen molar-refractivity contribution >= 4 is 5.71 Å². The number of hydrogen-bond donors (Lipinski definition) is 1. The molecule has 1 aliphatic rings.